The first-order valence-electron chi connectivity index (χ1n) is 5.89. The molecule has 0 aliphatic heterocycles. The van der Waals surface area contributed by atoms with E-state index in [1.165, 1.54) is 11.1 Å². The summed E-state index contributed by atoms with van der Waals surface area (Å²) in [6.07, 6.45) is 2.28. The largest absolute Gasteiger partial charge is 0.481 e. The molecule has 2 aromatic rings. The highest BCUT2D eigenvalue weighted by molar-refractivity contribution is 5.67. The standard InChI is InChI=1S/C14H16N2O2/c1-9-3-4-11(7-10(9)2)12-8-15-13(16-12)5-6-14(17)18/h3-4,7-8H,5-6H2,1-2H3,(H,15,16)(H,17,18). The first kappa shape index (κ1) is 12.4. The third-order valence-electron chi connectivity index (χ3n) is 3.02. The molecule has 18 heavy (non-hydrogen) atoms. The number of nitrogens with zero attached hydrogens (tertiary/aromatic N) is 1. The molecule has 0 fully saturated rings. The van der Waals surface area contributed by atoms with E-state index in [4.69, 9.17) is 5.11 Å². The van der Waals surface area contributed by atoms with Gasteiger partial charge in [0, 0.05) is 6.42 Å². The van der Waals surface area contributed by atoms with Crippen LogP contribution >= 0.6 is 0 Å². The second-order valence-corrected chi connectivity index (χ2v) is 4.44. The summed E-state index contributed by atoms with van der Waals surface area (Å²) in [6, 6.07) is 6.21. The summed E-state index contributed by atoms with van der Waals surface area (Å²) in [5.74, 6) is -0.0928. The minimum Gasteiger partial charge on any atom is -0.481 e. The second kappa shape index (κ2) is 5.04. The molecular formula is C14H16N2O2. The van der Waals surface area contributed by atoms with E-state index in [0.717, 1.165) is 11.3 Å². The molecule has 0 saturated carbocycles. The van der Waals surface area contributed by atoms with Gasteiger partial charge < -0.3 is 10.1 Å². The lowest BCUT2D eigenvalue weighted by atomic mass is 10.1. The van der Waals surface area contributed by atoms with E-state index in [1.807, 2.05) is 6.07 Å². The van der Waals surface area contributed by atoms with Gasteiger partial charge in [0.15, 0.2) is 0 Å². The summed E-state index contributed by atoms with van der Waals surface area (Å²) >= 11 is 0. The fourth-order valence-electron chi connectivity index (χ4n) is 1.77. The second-order valence-electron chi connectivity index (χ2n) is 4.44. The number of aliphatic carboxylic acids is 1. The van der Waals surface area contributed by atoms with Crippen LogP contribution in [0.4, 0.5) is 0 Å². The first-order chi connectivity index (χ1) is 8.56. The molecule has 0 aliphatic carbocycles. The van der Waals surface area contributed by atoms with Gasteiger partial charge in [0.25, 0.3) is 0 Å². The number of hydrogen-bond acceptors (Lipinski definition) is 2. The van der Waals surface area contributed by atoms with E-state index >= 15 is 0 Å². The maximum atomic E-state index is 10.5. The molecule has 1 aromatic heterocycles. The molecule has 0 amide bonds. The third-order valence-corrected chi connectivity index (χ3v) is 3.02. The summed E-state index contributed by atoms with van der Waals surface area (Å²) < 4.78 is 0. The zero-order chi connectivity index (χ0) is 13.1. The number of carboxylic acid groups (broad SMARTS) is 1. The highest BCUT2D eigenvalue weighted by Gasteiger charge is 2.06. The fourth-order valence-corrected chi connectivity index (χ4v) is 1.77. The zero-order valence-corrected chi connectivity index (χ0v) is 10.5. The predicted molar refractivity (Wildman–Crippen MR) is 69.5 cm³/mol. The first-order valence-corrected chi connectivity index (χ1v) is 5.89. The Morgan fingerprint density at radius 3 is 2.78 bits per heavy atom. The number of aromatic amines is 1. The van der Waals surface area contributed by atoms with Crippen molar-refractivity contribution in [2.45, 2.75) is 26.7 Å². The van der Waals surface area contributed by atoms with Crippen LogP contribution in [0.15, 0.2) is 24.4 Å². The van der Waals surface area contributed by atoms with E-state index in [9.17, 15) is 4.79 Å². The van der Waals surface area contributed by atoms with Crippen molar-refractivity contribution in [2.75, 3.05) is 0 Å². The minimum atomic E-state index is -0.806. The van der Waals surface area contributed by atoms with Crippen LogP contribution in [0.3, 0.4) is 0 Å². The number of nitrogens with one attached hydrogen (secondary N) is 1. The van der Waals surface area contributed by atoms with Crippen molar-refractivity contribution >= 4 is 5.97 Å². The van der Waals surface area contributed by atoms with Crippen molar-refractivity contribution in [3.63, 3.8) is 0 Å². The van der Waals surface area contributed by atoms with Crippen LogP contribution in [0.5, 0.6) is 0 Å². The maximum absolute atomic E-state index is 10.5. The Balaban J connectivity index is 2.18. The Labute approximate surface area is 106 Å². The van der Waals surface area contributed by atoms with E-state index in [-0.39, 0.29) is 6.42 Å². The molecular weight excluding hydrogens is 228 g/mol. The number of carbonyl (C=O) groups is 1. The van der Waals surface area contributed by atoms with Gasteiger partial charge in [-0.15, -0.1) is 0 Å². The lowest BCUT2D eigenvalue weighted by Crippen LogP contribution is -1.98. The number of benzene rings is 1. The lowest BCUT2D eigenvalue weighted by Gasteiger charge is -2.02. The van der Waals surface area contributed by atoms with Crippen LogP contribution in [0.25, 0.3) is 11.3 Å². The number of aryl methyl sites for hydroxylation is 3. The van der Waals surface area contributed by atoms with Crippen molar-refractivity contribution < 1.29 is 9.90 Å². The smallest absolute Gasteiger partial charge is 0.303 e. The summed E-state index contributed by atoms with van der Waals surface area (Å²) in [5, 5.41) is 8.62. The molecule has 2 N–H and O–H groups in total. The Morgan fingerprint density at radius 2 is 2.11 bits per heavy atom. The van der Waals surface area contributed by atoms with Gasteiger partial charge in [0.05, 0.1) is 18.3 Å². The molecule has 1 aromatic carbocycles. The molecule has 94 valence electrons. The van der Waals surface area contributed by atoms with E-state index in [1.54, 1.807) is 6.20 Å². The molecule has 0 spiro atoms. The minimum absolute atomic E-state index is 0.0971. The number of H-pyrrole nitrogens is 1. The molecule has 0 radical (unpaired) electrons. The highest BCUT2D eigenvalue weighted by Crippen LogP contribution is 2.20. The van der Waals surface area contributed by atoms with Crippen molar-refractivity contribution in [3.05, 3.63) is 41.3 Å². The Bertz CT molecular complexity index is 573. The Morgan fingerprint density at radius 1 is 1.33 bits per heavy atom. The fraction of sp³-hybridized carbons (Fsp3) is 0.286. The van der Waals surface area contributed by atoms with Gasteiger partial charge in [-0.1, -0.05) is 12.1 Å². The molecule has 0 saturated heterocycles. The van der Waals surface area contributed by atoms with E-state index in [2.05, 4.69) is 35.9 Å². The molecule has 4 heteroatoms. The zero-order valence-electron chi connectivity index (χ0n) is 10.5. The molecule has 1 heterocycles. The average Bonchev–Trinajstić information content (AvgIpc) is 2.79. The highest BCUT2D eigenvalue weighted by atomic mass is 16.4. The quantitative estimate of drug-likeness (QED) is 0.869. The molecule has 0 aliphatic rings. The molecule has 0 bridgehead atoms. The maximum Gasteiger partial charge on any atom is 0.303 e. The van der Waals surface area contributed by atoms with Crippen molar-refractivity contribution in [2.24, 2.45) is 0 Å². The van der Waals surface area contributed by atoms with Gasteiger partial charge in [-0.2, -0.15) is 0 Å². The van der Waals surface area contributed by atoms with Crippen LogP contribution in [0.2, 0.25) is 0 Å². The van der Waals surface area contributed by atoms with Crippen molar-refractivity contribution in [1.82, 2.24) is 9.97 Å². The number of rotatable bonds is 4. The lowest BCUT2D eigenvalue weighted by molar-refractivity contribution is -0.137. The number of aromatic nitrogens is 2. The molecule has 4 nitrogen and oxygen atoms in total. The van der Waals surface area contributed by atoms with Gasteiger partial charge in [0.1, 0.15) is 5.82 Å². The number of hydrogen-bond donors (Lipinski definition) is 2. The van der Waals surface area contributed by atoms with Gasteiger partial charge in [0.2, 0.25) is 0 Å². The summed E-state index contributed by atoms with van der Waals surface area (Å²) in [5.41, 5.74) is 4.49. The summed E-state index contributed by atoms with van der Waals surface area (Å²) in [6.45, 7) is 4.14. The topological polar surface area (TPSA) is 66.0 Å². The van der Waals surface area contributed by atoms with Gasteiger partial charge in [-0.05, 0) is 36.6 Å². The molecule has 0 unspecified atom stereocenters. The van der Waals surface area contributed by atoms with Gasteiger partial charge in [-0.3, -0.25) is 4.79 Å². The van der Waals surface area contributed by atoms with Crippen LogP contribution < -0.4 is 0 Å². The van der Waals surface area contributed by atoms with Crippen LogP contribution in [0, 0.1) is 13.8 Å². The number of imidazole rings is 1. The third kappa shape index (κ3) is 2.77. The number of carboxylic acids is 1. The summed E-state index contributed by atoms with van der Waals surface area (Å²) in [4.78, 5) is 17.8. The van der Waals surface area contributed by atoms with Crippen LogP contribution in [-0.4, -0.2) is 21.0 Å². The predicted octanol–water partition coefficient (Wildman–Crippen LogP) is 2.71. The van der Waals surface area contributed by atoms with Crippen LogP contribution in [0.1, 0.15) is 23.4 Å². The Kier molecular flexibility index (Phi) is 3.46. The normalized spacial score (nSPS) is 10.6. The van der Waals surface area contributed by atoms with Crippen molar-refractivity contribution in [1.29, 1.82) is 0 Å². The average molecular weight is 244 g/mol. The monoisotopic (exact) mass is 244 g/mol. The summed E-state index contributed by atoms with van der Waals surface area (Å²) in [7, 11) is 0. The van der Waals surface area contributed by atoms with E-state index < -0.39 is 5.97 Å². The van der Waals surface area contributed by atoms with Gasteiger partial charge >= 0.3 is 5.97 Å². The van der Waals surface area contributed by atoms with E-state index in [0.29, 0.717) is 12.2 Å². The van der Waals surface area contributed by atoms with Gasteiger partial charge in [-0.25, -0.2) is 4.98 Å². The SMILES string of the molecule is Cc1ccc(-c2cnc(CCC(=O)O)[nH]2)cc1C. The van der Waals surface area contributed by atoms with Crippen LogP contribution in [-0.2, 0) is 11.2 Å². The Hall–Kier alpha value is -2.10. The molecule has 2 rings (SSSR count). The van der Waals surface area contributed by atoms with Crippen molar-refractivity contribution in [3.8, 4) is 11.3 Å². The molecule has 0 atom stereocenters.